The fourth-order valence-electron chi connectivity index (χ4n) is 3.27. The highest BCUT2D eigenvalue weighted by atomic mass is 16.3. The molecular formula is C22H22N4O3. The van der Waals surface area contributed by atoms with Crippen LogP contribution in [0.4, 0.5) is 11.5 Å². The largest absolute Gasteiger partial charge is 0.466 e. The second kappa shape index (κ2) is 8.18. The minimum Gasteiger partial charge on any atom is -0.466 e. The van der Waals surface area contributed by atoms with Crippen LogP contribution in [0.1, 0.15) is 27.4 Å². The predicted octanol–water partition coefficient (Wildman–Crippen LogP) is 2.91. The Bertz CT molecular complexity index is 1030. The van der Waals surface area contributed by atoms with Gasteiger partial charge >= 0.3 is 0 Å². The number of furan rings is 1. The van der Waals surface area contributed by atoms with Gasteiger partial charge in [-0.1, -0.05) is 30.3 Å². The molecule has 7 nitrogen and oxygen atoms in total. The Labute approximate surface area is 168 Å². The summed E-state index contributed by atoms with van der Waals surface area (Å²) in [6, 6.07) is 15.3. The molecule has 2 N–H and O–H groups in total. The molecule has 3 heterocycles. The standard InChI is InChI=1S/C22H22N4O3/c1-15-7-8-18(29-15)9-10-23-22(28)17-11-19-21(24-12-17)25-13-20(27)26(19)14-16-5-3-2-4-6-16/h2-8,11-12H,9-10,13-14H2,1H3,(H,23,28)(H,24,25). The summed E-state index contributed by atoms with van der Waals surface area (Å²) >= 11 is 0. The molecule has 1 aliphatic rings. The zero-order chi connectivity index (χ0) is 20.2. The van der Waals surface area contributed by atoms with Gasteiger partial charge in [-0.05, 0) is 30.7 Å². The number of nitrogens with zero attached hydrogens (tertiary/aromatic N) is 2. The van der Waals surface area contributed by atoms with E-state index < -0.39 is 0 Å². The van der Waals surface area contributed by atoms with E-state index in [-0.39, 0.29) is 18.4 Å². The van der Waals surface area contributed by atoms with Crippen LogP contribution in [0.5, 0.6) is 0 Å². The summed E-state index contributed by atoms with van der Waals surface area (Å²) in [4.78, 5) is 31.1. The number of fused-ring (bicyclic) bond motifs is 1. The molecule has 0 radical (unpaired) electrons. The summed E-state index contributed by atoms with van der Waals surface area (Å²) < 4.78 is 5.51. The van der Waals surface area contributed by atoms with E-state index in [2.05, 4.69) is 15.6 Å². The monoisotopic (exact) mass is 390 g/mol. The number of anilines is 2. The van der Waals surface area contributed by atoms with Crippen molar-refractivity contribution in [2.45, 2.75) is 19.9 Å². The smallest absolute Gasteiger partial charge is 0.252 e. The van der Waals surface area contributed by atoms with Crippen molar-refractivity contribution in [2.75, 3.05) is 23.3 Å². The lowest BCUT2D eigenvalue weighted by Gasteiger charge is -2.29. The normalized spacial score (nSPS) is 13.0. The number of aromatic nitrogens is 1. The number of carbonyl (C=O) groups is 2. The van der Waals surface area contributed by atoms with Gasteiger partial charge < -0.3 is 20.0 Å². The lowest BCUT2D eigenvalue weighted by atomic mass is 10.1. The van der Waals surface area contributed by atoms with Crippen molar-refractivity contribution in [1.29, 1.82) is 0 Å². The minimum absolute atomic E-state index is 0.0612. The molecule has 4 rings (SSSR count). The summed E-state index contributed by atoms with van der Waals surface area (Å²) in [5.74, 6) is 1.98. The quantitative estimate of drug-likeness (QED) is 0.676. The molecule has 29 heavy (non-hydrogen) atoms. The zero-order valence-corrected chi connectivity index (χ0v) is 16.1. The fourth-order valence-corrected chi connectivity index (χ4v) is 3.27. The van der Waals surface area contributed by atoms with Crippen LogP contribution in [0.15, 0.2) is 59.1 Å². The second-order valence-corrected chi connectivity index (χ2v) is 6.93. The SMILES string of the molecule is Cc1ccc(CCNC(=O)c2cnc3c(c2)N(Cc2ccccc2)C(=O)CN3)o1. The van der Waals surface area contributed by atoms with Crippen molar-refractivity contribution in [3.8, 4) is 0 Å². The van der Waals surface area contributed by atoms with Crippen molar-refractivity contribution in [3.63, 3.8) is 0 Å². The van der Waals surface area contributed by atoms with Crippen molar-refractivity contribution in [2.24, 2.45) is 0 Å². The molecule has 0 spiro atoms. The van der Waals surface area contributed by atoms with Gasteiger partial charge in [0.25, 0.3) is 5.91 Å². The van der Waals surface area contributed by atoms with Gasteiger partial charge in [0.2, 0.25) is 5.91 Å². The molecule has 3 aromatic rings. The van der Waals surface area contributed by atoms with E-state index in [0.717, 1.165) is 17.1 Å². The van der Waals surface area contributed by atoms with Crippen LogP contribution in [0, 0.1) is 6.92 Å². The Morgan fingerprint density at radius 2 is 2.07 bits per heavy atom. The summed E-state index contributed by atoms with van der Waals surface area (Å²) in [6.45, 7) is 2.95. The summed E-state index contributed by atoms with van der Waals surface area (Å²) in [5, 5.41) is 5.89. The number of nitrogens with one attached hydrogen (secondary N) is 2. The first-order valence-corrected chi connectivity index (χ1v) is 9.52. The zero-order valence-electron chi connectivity index (χ0n) is 16.1. The molecule has 0 saturated heterocycles. The van der Waals surface area contributed by atoms with Gasteiger partial charge in [0.05, 0.1) is 24.3 Å². The average Bonchev–Trinajstić information content (AvgIpc) is 3.15. The number of hydrogen-bond donors (Lipinski definition) is 2. The number of hydrogen-bond acceptors (Lipinski definition) is 5. The Morgan fingerprint density at radius 3 is 2.83 bits per heavy atom. The summed E-state index contributed by atoms with van der Waals surface area (Å²) in [5.41, 5.74) is 2.03. The Morgan fingerprint density at radius 1 is 1.24 bits per heavy atom. The van der Waals surface area contributed by atoms with Gasteiger partial charge in [-0.15, -0.1) is 0 Å². The Hall–Kier alpha value is -3.61. The topological polar surface area (TPSA) is 87.5 Å². The van der Waals surface area contributed by atoms with Gasteiger partial charge in [0.15, 0.2) is 5.82 Å². The van der Waals surface area contributed by atoms with Crippen molar-refractivity contribution in [3.05, 3.63) is 77.4 Å². The maximum Gasteiger partial charge on any atom is 0.252 e. The molecule has 0 unspecified atom stereocenters. The first-order valence-electron chi connectivity index (χ1n) is 9.52. The molecule has 7 heteroatoms. The molecule has 0 fully saturated rings. The van der Waals surface area contributed by atoms with Crippen LogP contribution in [0.25, 0.3) is 0 Å². The fraction of sp³-hybridized carbons (Fsp3) is 0.227. The number of benzene rings is 1. The molecule has 0 aliphatic carbocycles. The third-order valence-corrected chi connectivity index (χ3v) is 4.77. The van der Waals surface area contributed by atoms with Gasteiger partial charge in [0.1, 0.15) is 11.5 Å². The van der Waals surface area contributed by atoms with E-state index in [9.17, 15) is 9.59 Å². The van der Waals surface area contributed by atoms with E-state index in [1.165, 1.54) is 6.20 Å². The highest BCUT2D eigenvalue weighted by Gasteiger charge is 2.26. The maximum absolute atomic E-state index is 12.6. The van der Waals surface area contributed by atoms with Crippen molar-refractivity contribution in [1.82, 2.24) is 10.3 Å². The van der Waals surface area contributed by atoms with E-state index in [1.54, 1.807) is 11.0 Å². The molecule has 2 aromatic heterocycles. The molecule has 0 atom stereocenters. The van der Waals surface area contributed by atoms with Gasteiger partial charge in [0, 0.05) is 19.2 Å². The number of pyridine rings is 1. The number of carbonyl (C=O) groups excluding carboxylic acids is 2. The third kappa shape index (κ3) is 4.29. The molecule has 148 valence electrons. The molecule has 0 bridgehead atoms. The van der Waals surface area contributed by atoms with Crippen LogP contribution in [-0.2, 0) is 17.8 Å². The van der Waals surface area contributed by atoms with Gasteiger partial charge in [-0.25, -0.2) is 4.98 Å². The summed E-state index contributed by atoms with van der Waals surface area (Å²) in [6.07, 6.45) is 2.13. The van der Waals surface area contributed by atoms with Crippen LogP contribution >= 0.6 is 0 Å². The van der Waals surface area contributed by atoms with E-state index in [1.807, 2.05) is 49.4 Å². The Kier molecular flexibility index (Phi) is 5.29. The first kappa shape index (κ1) is 18.7. The van der Waals surface area contributed by atoms with Crippen molar-refractivity contribution >= 4 is 23.3 Å². The number of aryl methyl sites for hydroxylation is 1. The highest BCUT2D eigenvalue weighted by molar-refractivity contribution is 6.04. The van der Waals surface area contributed by atoms with Gasteiger partial charge in [-0.3, -0.25) is 9.59 Å². The third-order valence-electron chi connectivity index (χ3n) is 4.77. The van der Waals surface area contributed by atoms with Crippen molar-refractivity contribution < 1.29 is 14.0 Å². The molecular weight excluding hydrogens is 368 g/mol. The van der Waals surface area contributed by atoms with E-state index in [0.29, 0.717) is 36.6 Å². The molecule has 0 saturated carbocycles. The number of rotatable bonds is 6. The van der Waals surface area contributed by atoms with E-state index in [4.69, 9.17) is 4.42 Å². The van der Waals surface area contributed by atoms with Crippen LogP contribution < -0.4 is 15.5 Å². The molecule has 1 aromatic carbocycles. The summed E-state index contributed by atoms with van der Waals surface area (Å²) in [7, 11) is 0. The van der Waals surface area contributed by atoms with Gasteiger partial charge in [-0.2, -0.15) is 0 Å². The average molecular weight is 390 g/mol. The van der Waals surface area contributed by atoms with Crippen LogP contribution in [-0.4, -0.2) is 29.9 Å². The predicted molar refractivity (Wildman–Crippen MR) is 110 cm³/mol. The highest BCUT2D eigenvalue weighted by Crippen LogP contribution is 2.29. The van der Waals surface area contributed by atoms with Crippen LogP contribution in [0.3, 0.4) is 0 Å². The van der Waals surface area contributed by atoms with E-state index >= 15 is 0 Å². The minimum atomic E-state index is -0.235. The first-order chi connectivity index (χ1) is 14.1. The maximum atomic E-state index is 12.6. The second-order valence-electron chi connectivity index (χ2n) is 6.93. The van der Waals surface area contributed by atoms with Crippen LogP contribution in [0.2, 0.25) is 0 Å². The lowest BCUT2D eigenvalue weighted by Crippen LogP contribution is -2.40. The molecule has 2 amide bonds. The molecule has 1 aliphatic heterocycles. The Balaban J connectivity index is 1.48. The lowest BCUT2D eigenvalue weighted by molar-refractivity contribution is -0.117. The number of amides is 2.